The fourth-order valence-electron chi connectivity index (χ4n) is 3.79. The van der Waals surface area contributed by atoms with E-state index in [0.717, 1.165) is 29.9 Å². The molecule has 0 saturated carbocycles. The minimum atomic E-state index is 0.225. The minimum absolute atomic E-state index is 0.225. The number of hydrogen-bond acceptors (Lipinski definition) is 6. The van der Waals surface area contributed by atoms with Crippen LogP contribution in [0.4, 0.5) is 11.6 Å². The largest absolute Gasteiger partial charge is 0.495 e. The van der Waals surface area contributed by atoms with Crippen LogP contribution in [0.15, 0.2) is 60.3 Å². The maximum absolute atomic E-state index is 8.39. The van der Waals surface area contributed by atoms with E-state index >= 15 is 0 Å². The Hall–Kier alpha value is -3.41. The zero-order valence-corrected chi connectivity index (χ0v) is 16.6. The number of ether oxygens (including phenoxy) is 1. The van der Waals surface area contributed by atoms with E-state index in [9.17, 15) is 0 Å². The fraction of sp³-hybridized carbons (Fsp3) is 0.261. The third-order valence-electron chi connectivity index (χ3n) is 5.29. The number of anilines is 2. The summed E-state index contributed by atoms with van der Waals surface area (Å²) in [5.41, 5.74) is 10.6. The number of benzene rings is 1. The van der Waals surface area contributed by atoms with Crippen molar-refractivity contribution in [1.82, 2.24) is 9.97 Å². The Morgan fingerprint density at radius 3 is 2.52 bits per heavy atom. The van der Waals surface area contributed by atoms with Crippen LogP contribution in [0.5, 0.6) is 0 Å². The van der Waals surface area contributed by atoms with Gasteiger partial charge >= 0.3 is 0 Å². The Kier molecular flexibility index (Phi) is 5.42. The van der Waals surface area contributed by atoms with Crippen LogP contribution in [0.3, 0.4) is 0 Å². The van der Waals surface area contributed by atoms with Crippen molar-refractivity contribution in [2.45, 2.75) is 19.3 Å². The molecular formula is C23H25N5O. The smallest absolute Gasteiger partial charge is 0.220 e. The molecule has 0 radical (unpaired) electrons. The molecule has 2 aromatic rings. The van der Waals surface area contributed by atoms with E-state index < -0.39 is 0 Å². The highest BCUT2D eigenvalue weighted by Crippen LogP contribution is 2.30. The van der Waals surface area contributed by atoms with Crippen LogP contribution in [-0.2, 0) is 4.74 Å². The number of nitrogens with two attached hydrogens (primary N) is 1. The Bertz CT molecular complexity index is 998. The van der Waals surface area contributed by atoms with Crippen molar-refractivity contribution < 1.29 is 4.74 Å². The first kappa shape index (κ1) is 18.9. The van der Waals surface area contributed by atoms with Gasteiger partial charge in [-0.15, -0.1) is 0 Å². The summed E-state index contributed by atoms with van der Waals surface area (Å²) in [5.74, 6) is 0.896. The second-order valence-corrected chi connectivity index (χ2v) is 7.19. The summed E-state index contributed by atoms with van der Waals surface area (Å²) in [5, 5.41) is 8.39. The third-order valence-corrected chi connectivity index (χ3v) is 5.29. The molecule has 4 rings (SSSR count). The van der Waals surface area contributed by atoms with Crippen molar-refractivity contribution in [3.05, 3.63) is 71.6 Å². The highest BCUT2D eigenvalue weighted by Gasteiger charge is 2.18. The summed E-state index contributed by atoms with van der Waals surface area (Å²) in [6.07, 6.45) is 11.0. The summed E-state index contributed by atoms with van der Waals surface area (Å²) >= 11 is 0. The van der Waals surface area contributed by atoms with Crippen molar-refractivity contribution >= 4 is 28.7 Å². The lowest BCUT2D eigenvalue weighted by atomic mass is 9.95. The summed E-state index contributed by atoms with van der Waals surface area (Å²) < 4.78 is 5.73. The number of rotatable bonds is 4. The van der Waals surface area contributed by atoms with Gasteiger partial charge in [0.05, 0.1) is 18.5 Å². The number of piperidine rings is 1. The first-order valence-electron chi connectivity index (χ1n) is 9.87. The van der Waals surface area contributed by atoms with Crippen LogP contribution in [0.25, 0.3) is 11.3 Å². The first-order valence-corrected chi connectivity index (χ1v) is 9.87. The molecule has 1 aromatic carbocycles. The number of hydrogen-bond donors (Lipinski definition) is 2. The van der Waals surface area contributed by atoms with Gasteiger partial charge in [-0.25, -0.2) is 9.97 Å². The Morgan fingerprint density at radius 2 is 1.83 bits per heavy atom. The van der Waals surface area contributed by atoms with E-state index in [1.807, 2.05) is 12.2 Å². The van der Waals surface area contributed by atoms with Crippen LogP contribution >= 0.6 is 0 Å². The summed E-state index contributed by atoms with van der Waals surface area (Å²) in [6.45, 7) is 2.22. The molecule has 0 amide bonds. The van der Waals surface area contributed by atoms with E-state index in [2.05, 4.69) is 39.1 Å². The van der Waals surface area contributed by atoms with Gasteiger partial charge in [0.25, 0.3) is 0 Å². The lowest BCUT2D eigenvalue weighted by Gasteiger charge is -2.29. The van der Waals surface area contributed by atoms with Crippen molar-refractivity contribution in [2.24, 2.45) is 0 Å². The molecule has 1 aromatic heterocycles. The average Bonchev–Trinajstić information content (AvgIpc) is 2.76. The number of nitrogens with one attached hydrogen (secondary N) is 1. The number of allylic oxidation sites excluding steroid dienone is 5. The quantitative estimate of drug-likeness (QED) is 0.772. The lowest BCUT2D eigenvalue weighted by molar-refractivity contribution is 0.369. The molecule has 0 atom stereocenters. The molecule has 6 nitrogen and oxygen atoms in total. The monoisotopic (exact) mass is 387 g/mol. The number of methoxy groups -OCH3 is 1. The van der Waals surface area contributed by atoms with E-state index in [-0.39, 0.29) is 5.95 Å². The summed E-state index contributed by atoms with van der Waals surface area (Å²) in [7, 11) is 1.64. The van der Waals surface area contributed by atoms with Crippen LogP contribution in [-0.4, -0.2) is 35.9 Å². The summed E-state index contributed by atoms with van der Waals surface area (Å²) in [6, 6.07) is 10.2. The average molecular weight is 387 g/mol. The fourth-order valence-corrected chi connectivity index (χ4v) is 3.79. The van der Waals surface area contributed by atoms with Gasteiger partial charge in [-0.1, -0.05) is 6.08 Å². The lowest BCUT2D eigenvalue weighted by Crippen LogP contribution is -2.29. The van der Waals surface area contributed by atoms with Crippen LogP contribution < -0.4 is 10.6 Å². The van der Waals surface area contributed by atoms with Crippen molar-refractivity contribution in [2.75, 3.05) is 30.8 Å². The molecule has 2 aliphatic rings. The standard InChI is InChI=1S/C23H25N5O/c1-29-22(16-5-8-18(9-6-16)28-13-3-2-4-14-28)19-15-17(7-10-20(19)24)21-11-12-26-23(25)27-21/h5-12,15,24H,2-4,13-14H2,1H3,(H2,25,26,27)/b22-19-,24-20?. The van der Waals surface area contributed by atoms with Crippen LogP contribution in [0.2, 0.25) is 0 Å². The molecule has 1 aliphatic carbocycles. The molecule has 0 unspecified atom stereocenters. The predicted molar refractivity (Wildman–Crippen MR) is 118 cm³/mol. The zero-order chi connectivity index (χ0) is 20.2. The second-order valence-electron chi connectivity index (χ2n) is 7.19. The van der Waals surface area contributed by atoms with Gasteiger partial charge in [-0.3, -0.25) is 0 Å². The first-order chi connectivity index (χ1) is 14.2. The van der Waals surface area contributed by atoms with Crippen molar-refractivity contribution in [1.29, 1.82) is 5.41 Å². The maximum atomic E-state index is 8.39. The van der Waals surface area contributed by atoms with Gasteiger partial charge in [0.1, 0.15) is 5.76 Å². The van der Waals surface area contributed by atoms with Gasteiger partial charge in [-0.05, 0) is 61.7 Å². The molecule has 1 saturated heterocycles. The Balaban J connectivity index is 1.68. The number of aromatic nitrogens is 2. The highest BCUT2D eigenvalue weighted by molar-refractivity contribution is 6.16. The highest BCUT2D eigenvalue weighted by atomic mass is 16.5. The van der Waals surface area contributed by atoms with Gasteiger partial charge in [0.15, 0.2) is 0 Å². The van der Waals surface area contributed by atoms with E-state index in [4.69, 9.17) is 15.9 Å². The molecule has 6 heteroatoms. The Labute approximate surface area is 170 Å². The minimum Gasteiger partial charge on any atom is -0.495 e. The normalized spacial score (nSPS) is 18.4. The zero-order valence-electron chi connectivity index (χ0n) is 16.6. The number of nitrogens with zero attached hydrogens (tertiary/aromatic N) is 3. The molecular weight excluding hydrogens is 362 g/mol. The Morgan fingerprint density at radius 1 is 1.07 bits per heavy atom. The van der Waals surface area contributed by atoms with Crippen molar-refractivity contribution in [3.8, 4) is 0 Å². The SMILES string of the molecule is CO/C(=C1/C=C(c2ccnc(N)n2)C=CC1=N)c1ccc(N2CCCCC2)cc1. The molecule has 1 fully saturated rings. The second kappa shape index (κ2) is 8.31. The van der Waals surface area contributed by atoms with Gasteiger partial charge in [-0.2, -0.15) is 0 Å². The third kappa shape index (κ3) is 4.06. The summed E-state index contributed by atoms with van der Waals surface area (Å²) in [4.78, 5) is 10.7. The van der Waals surface area contributed by atoms with Gasteiger partial charge < -0.3 is 20.8 Å². The molecule has 0 spiro atoms. The molecule has 29 heavy (non-hydrogen) atoms. The predicted octanol–water partition coefficient (Wildman–Crippen LogP) is 4.08. The molecule has 2 heterocycles. The number of nitrogen functional groups attached to an aromatic ring is 1. The van der Waals surface area contributed by atoms with E-state index in [1.54, 1.807) is 25.4 Å². The van der Waals surface area contributed by atoms with E-state index in [0.29, 0.717) is 17.0 Å². The topological polar surface area (TPSA) is 88.1 Å². The van der Waals surface area contributed by atoms with Crippen LogP contribution in [0, 0.1) is 5.41 Å². The van der Waals surface area contributed by atoms with Gasteiger partial charge in [0, 0.05) is 41.7 Å². The van der Waals surface area contributed by atoms with Crippen molar-refractivity contribution in [3.63, 3.8) is 0 Å². The van der Waals surface area contributed by atoms with Crippen LogP contribution in [0.1, 0.15) is 30.5 Å². The molecule has 1 aliphatic heterocycles. The molecule has 3 N–H and O–H groups in total. The van der Waals surface area contributed by atoms with Gasteiger partial charge in [0.2, 0.25) is 5.95 Å². The maximum Gasteiger partial charge on any atom is 0.220 e. The molecule has 0 bridgehead atoms. The van der Waals surface area contributed by atoms with E-state index in [1.165, 1.54) is 24.9 Å². The molecule has 148 valence electrons.